The van der Waals surface area contributed by atoms with Gasteiger partial charge in [0.15, 0.2) is 6.10 Å². The van der Waals surface area contributed by atoms with Crippen LogP contribution in [0.2, 0.25) is 0 Å². The zero-order valence-corrected chi connectivity index (χ0v) is 49.6. The summed E-state index contributed by atoms with van der Waals surface area (Å²) in [5, 5.41) is 0. The fourth-order valence-electron chi connectivity index (χ4n) is 9.09. The van der Waals surface area contributed by atoms with Gasteiger partial charge in [0.2, 0.25) is 0 Å². The van der Waals surface area contributed by atoms with Crippen LogP contribution in [0.3, 0.4) is 0 Å². The molecule has 0 bridgehead atoms. The molecule has 0 rings (SSSR count). The van der Waals surface area contributed by atoms with Crippen LogP contribution in [0.1, 0.15) is 316 Å². The van der Waals surface area contributed by atoms with Crippen LogP contribution < -0.4 is 0 Å². The van der Waals surface area contributed by atoms with Gasteiger partial charge in [-0.15, -0.1) is 0 Å². The molecule has 1 unspecified atom stereocenters. The Kier molecular flexibility index (Phi) is 60.3. The molecule has 0 amide bonds. The Balaban J connectivity index is 4.02. The predicted octanol–water partition coefficient (Wildman–Crippen LogP) is 21.9. The monoisotopic (exact) mass is 1040 g/mol. The third-order valence-electron chi connectivity index (χ3n) is 13.9. The maximum absolute atomic E-state index is 12.8. The lowest BCUT2D eigenvalue weighted by Crippen LogP contribution is -2.30. The van der Waals surface area contributed by atoms with Crippen molar-refractivity contribution in [1.29, 1.82) is 0 Å². The molecule has 432 valence electrons. The molecule has 0 aliphatic rings. The molecule has 1 atom stereocenters. The van der Waals surface area contributed by atoms with E-state index >= 15 is 0 Å². The molecular weight excluding hydrogens is 925 g/mol. The molecule has 6 nitrogen and oxygen atoms in total. The van der Waals surface area contributed by atoms with Crippen LogP contribution in [-0.4, -0.2) is 37.2 Å². The van der Waals surface area contributed by atoms with Crippen molar-refractivity contribution in [2.75, 3.05) is 13.2 Å². The number of allylic oxidation sites excluding steroid dienone is 14. The van der Waals surface area contributed by atoms with E-state index in [-0.39, 0.29) is 31.1 Å². The summed E-state index contributed by atoms with van der Waals surface area (Å²) >= 11 is 0. The predicted molar refractivity (Wildman–Crippen MR) is 325 cm³/mol. The summed E-state index contributed by atoms with van der Waals surface area (Å²) in [4.78, 5) is 37.9. The molecule has 6 heteroatoms. The van der Waals surface area contributed by atoms with Crippen molar-refractivity contribution in [3.63, 3.8) is 0 Å². The van der Waals surface area contributed by atoms with E-state index in [1.807, 2.05) is 0 Å². The third-order valence-corrected chi connectivity index (χ3v) is 13.9. The van der Waals surface area contributed by atoms with Gasteiger partial charge in [-0.1, -0.05) is 286 Å². The Morgan fingerprint density at radius 1 is 0.280 bits per heavy atom. The smallest absolute Gasteiger partial charge is 0.306 e. The Morgan fingerprint density at radius 2 is 0.520 bits per heavy atom. The van der Waals surface area contributed by atoms with E-state index < -0.39 is 6.10 Å². The second kappa shape index (κ2) is 63.1. The number of carbonyl (C=O) groups is 3. The summed E-state index contributed by atoms with van der Waals surface area (Å²) in [6.07, 6.45) is 83.6. The van der Waals surface area contributed by atoms with Crippen LogP contribution in [0.25, 0.3) is 0 Å². The zero-order valence-electron chi connectivity index (χ0n) is 49.6. The van der Waals surface area contributed by atoms with Crippen molar-refractivity contribution in [2.24, 2.45) is 0 Å². The first-order valence-corrected chi connectivity index (χ1v) is 32.1. The van der Waals surface area contributed by atoms with Crippen LogP contribution in [-0.2, 0) is 28.6 Å². The number of esters is 3. The van der Waals surface area contributed by atoms with E-state index in [1.54, 1.807) is 0 Å². The van der Waals surface area contributed by atoms with E-state index in [1.165, 1.54) is 167 Å². The SMILES string of the molecule is CC/C=C\C/C=C\C/C=C\C/C=C\CCCCCCCCCCCCCCCCCCC(=O)OCC(COC(=O)CCCCCCC)OC(=O)CCCCCCCCCC/C=C\C/C=C\C/C=C\CCCCCCC. The maximum Gasteiger partial charge on any atom is 0.306 e. The highest BCUT2D eigenvalue weighted by atomic mass is 16.6. The molecule has 75 heavy (non-hydrogen) atoms. The van der Waals surface area contributed by atoms with Gasteiger partial charge < -0.3 is 14.2 Å². The first-order valence-electron chi connectivity index (χ1n) is 32.1. The highest BCUT2D eigenvalue weighted by Gasteiger charge is 2.19. The van der Waals surface area contributed by atoms with Gasteiger partial charge in [-0.3, -0.25) is 14.4 Å². The van der Waals surface area contributed by atoms with E-state index in [0.717, 1.165) is 109 Å². The molecule has 0 fully saturated rings. The number of rotatable bonds is 58. The average Bonchev–Trinajstić information content (AvgIpc) is 3.41. The summed E-state index contributed by atoms with van der Waals surface area (Å²) in [7, 11) is 0. The van der Waals surface area contributed by atoms with Gasteiger partial charge in [-0.2, -0.15) is 0 Å². The zero-order chi connectivity index (χ0) is 54.3. The van der Waals surface area contributed by atoms with Crippen molar-refractivity contribution in [1.82, 2.24) is 0 Å². The van der Waals surface area contributed by atoms with E-state index in [0.29, 0.717) is 19.3 Å². The van der Waals surface area contributed by atoms with Crippen molar-refractivity contribution < 1.29 is 28.6 Å². The lowest BCUT2D eigenvalue weighted by molar-refractivity contribution is -0.167. The largest absolute Gasteiger partial charge is 0.462 e. The minimum absolute atomic E-state index is 0.0772. The van der Waals surface area contributed by atoms with Gasteiger partial charge in [0, 0.05) is 19.3 Å². The molecule has 0 aliphatic carbocycles. The lowest BCUT2D eigenvalue weighted by Gasteiger charge is -2.18. The summed E-state index contributed by atoms with van der Waals surface area (Å²) < 4.78 is 16.8. The van der Waals surface area contributed by atoms with Crippen molar-refractivity contribution in [3.05, 3.63) is 85.1 Å². The summed E-state index contributed by atoms with van der Waals surface area (Å²) in [6, 6.07) is 0. The molecule has 0 N–H and O–H groups in total. The third kappa shape index (κ3) is 61.3. The highest BCUT2D eigenvalue weighted by molar-refractivity contribution is 5.71. The number of ether oxygens (including phenoxy) is 3. The molecule has 0 heterocycles. The molecule has 0 radical (unpaired) electrons. The van der Waals surface area contributed by atoms with E-state index in [2.05, 4.69) is 106 Å². The van der Waals surface area contributed by atoms with Crippen LogP contribution in [0.4, 0.5) is 0 Å². The van der Waals surface area contributed by atoms with Gasteiger partial charge in [0.1, 0.15) is 13.2 Å². The molecule has 0 spiro atoms. The normalized spacial score (nSPS) is 12.6. The minimum Gasteiger partial charge on any atom is -0.462 e. The van der Waals surface area contributed by atoms with Crippen LogP contribution >= 0.6 is 0 Å². The first-order chi connectivity index (χ1) is 37.0. The number of unbranched alkanes of at least 4 members (excludes halogenated alkanes) is 33. The molecule has 0 saturated carbocycles. The standard InChI is InChI=1S/C69H120O6/c1-4-7-10-13-15-17-19-21-23-25-27-29-31-32-33-34-35-36-38-39-41-43-45-47-49-51-53-56-59-62-68(71)74-65-66(64-73-67(70)61-58-55-12-9-6-3)75-69(72)63-60-57-54-52-50-48-46-44-42-40-37-30-28-26-24-22-20-18-16-14-11-8-5-2/h7,10,15,17,20-23,26-29,37,40,66H,4-6,8-9,11-14,16,18-19,24-25,30-36,38-39,41-65H2,1-3H3/b10-7-,17-15-,22-20-,23-21-,28-26-,29-27-,40-37-. The molecule has 0 saturated heterocycles. The summed E-state index contributed by atoms with van der Waals surface area (Å²) in [6.45, 7) is 6.45. The van der Waals surface area contributed by atoms with Crippen molar-refractivity contribution in [3.8, 4) is 0 Å². The Labute approximate surface area is 465 Å². The van der Waals surface area contributed by atoms with E-state index in [9.17, 15) is 14.4 Å². The fourth-order valence-corrected chi connectivity index (χ4v) is 9.09. The Bertz CT molecular complexity index is 1430. The van der Waals surface area contributed by atoms with Crippen LogP contribution in [0.5, 0.6) is 0 Å². The van der Waals surface area contributed by atoms with Crippen LogP contribution in [0.15, 0.2) is 85.1 Å². The van der Waals surface area contributed by atoms with Gasteiger partial charge in [0.25, 0.3) is 0 Å². The molecule has 0 aliphatic heterocycles. The van der Waals surface area contributed by atoms with Gasteiger partial charge in [0.05, 0.1) is 0 Å². The number of hydrogen-bond donors (Lipinski definition) is 0. The number of hydrogen-bond acceptors (Lipinski definition) is 6. The lowest BCUT2D eigenvalue weighted by atomic mass is 10.0. The van der Waals surface area contributed by atoms with E-state index in [4.69, 9.17) is 14.2 Å². The molecule has 0 aromatic heterocycles. The van der Waals surface area contributed by atoms with Gasteiger partial charge >= 0.3 is 17.9 Å². The van der Waals surface area contributed by atoms with Gasteiger partial charge in [-0.05, 0) is 96.3 Å². The van der Waals surface area contributed by atoms with Crippen molar-refractivity contribution >= 4 is 17.9 Å². The topological polar surface area (TPSA) is 78.9 Å². The highest BCUT2D eigenvalue weighted by Crippen LogP contribution is 2.17. The fraction of sp³-hybridized carbons (Fsp3) is 0.754. The average molecular weight is 1050 g/mol. The quantitative estimate of drug-likeness (QED) is 0.0261. The Morgan fingerprint density at radius 3 is 0.813 bits per heavy atom. The van der Waals surface area contributed by atoms with Crippen LogP contribution in [0, 0.1) is 0 Å². The second-order valence-electron chi connectivity index (χ2n) is 21.3. The minimum atomic E-state index is -0.776. The molecule has 0 aromatic rings. The summed E-state index contributed by atoms with van der Waals surface area (Å²) in [5.74, 6) is -0.888. The Hall–Kier alpha value is -3.41. The van der Waals surface area contributed by atoms with Crippen molar-refractivity contribution in [2.45, 2.75) is 322 Å². The first kappa shape index (κ1) is 71.6. The number of carbonyl (C=O) groups excluding carboxylic acids is 3. The summed E-state index contributed by atoms with van der Waals surface area (Å²) in [5.41, 5.74) is 0. The molecule has 0 aromatic carbocycles. The maximum atomic E-state index is 12.8. The van der Waals surface area contributed by atoms with Gasteiger partial charge in [-0.25, -0.2) is 0 Å². The second-order valence-corrected chi connectivity index (χ2v) is 21.3. The molecular formula is C69H120O6.